The van der Waals surface area contributed by atoms with Crippen LogP contribution in [0.3, 0.4) is 0 Å². The number of carboxylic acids is 1. The van der Waals surface area contributed by atoms with Crippen LogP contribution in [-0.4, -0.2) is 20.9 Å². The zero-order valence-electron chi connectivity index (χ0n) is 11.0. The molecule has 0 atom stereocenters. The highest BCUT2D eigenvalue weighted by Gasteiger charge is 2.38. The lowest BCUT2D eigenvalue weighted by atomic mass is 9.89. The first-order valence-corrected chi connectivity index (χ1v) is 6.71. The summed E-state index contributed by atoms with van der Waals surface area (Å²) in [5, 5.41) is 12.4. The fourth-order valence-corrected chi connectivity index (χ4v) is 2.80. The van der Waals surface area contributed by atoms with Gasteiger partial charge in [-0.1, -0.05) is 19.3 Å². The van der Waals surface area contributed by atoms with E-state index in [0.717, 1.165) is 43.0 Å². The number of nitrogens with zero attached hydrogens (tertiary/aromatic N) is 2. The van der Waals surface area contributed by atoms with Crippen LogP contribution in [0.1, 0.15) is 43.4 Å². The van der Waals surface area contributed by atoms with Crippen molar-refractivity contribution in [2.24, 2.45) is 5.92 Å². The van der Waals surface area contributed by atoms with Gasteiger partial charge in [-0.3, -0.25) is 9.48 Å². The first kappa shape index (κ1) is 14.9. The third kappa shape index (κ3) is 3.52. The smallest absolute Gasteiger partial charge is 0.433 e. The van der Waals surface area contributed by atoms with Crippen LogP contribution < -0.4 is 0 Å². The molecular weight excluding hydrogens is 273 g/mol. The minimum atomic E-state index is -4.57. The number of aromatic nitrogens is 2. The summed E-state index contributed by atoms with van der Waals surface area (Å²) in [6.07, 6.45) is 0.822. The van der Waals surface area contributed by atoms with Crippen LogP contribution in [0.15, 0.2) is 6.20 Å². The minimum absolute atomic E-state index is 0.197. The molecule has 0 saturated heterocycles. The summed E-state index contributed by atoms with van der Waals surface area (Å²) in [5.74, 6) is -1.09. The van der Waals surface area contributed by atoms with Gasteiger partial charge in [0.1, 0.15) is 5.69 Å². The molecule has 0 bridgehead atoms. The summed E-state index contributed by atoms with van der Waals surface area (Å²) in [7, 11) is 0. The van der Waals surface area contributed by atoms with Crippen molar-refractivity contribution in [2.45, 2.75) is 51.2 Å². The van der Waals surface area contributed by atoms with Crippen molar-refractivity contribution in [3.05, 3.63) is 17.5 Å². The third-order valence-corrected chi connectivity index (χ3v) is 3.68. The molecule has 1 fully saturated rings. The summed E-state index contributed by atoms with van der Waals surface area (Å²) < 4.78 is 40.2. The number of carbonyl (C=O) groups is 1. The Morgan fingerprint density at radius 2 is 2.00 bits per heavy atom. The maximum Gasteiger partial charge on any atom is 0.433 e. The Kier molecular flexibility index (Phi) is 4.35. The Bertz CT molecular complexity index is 476. The third-order valence-electron chi connectivity index (χ3n) is 3.68. The number of hydrogen-bond acceptors (Lipinski definition) is 2. The molecule has 4 nitrogen and oxygen atoms in total. The molecule has 1 aliphatic rings. The van der Waals surface area contributed by atoms with Crippen LogP contribution in [0.2, 0.25) is 0 Å². The van der Waals surface area contributed by atoms with Crippen LogP contribution in [0.25, 0.3) is 0 Å². The molecule has 1 aromatic rings. The van der Waals surface area contributed by atoms with Gasteiger partial charge in [-0.2, -0.15) is 18.3 Å². The van der Waals surface area contributed by atoms with E-state index in [1.54, 1.807) is 0 Å². The predicted octanol–water partition coefficient (Wildman–Crippen LogP) is 3.11. The lowest BCUT2D eigenvalue weighted by Crippen LogP contribution is -2.22. The second kappa shape index (κ2) is 5.85. The van der Waals surface area contributed by atoms with Crippen LogP contribution >= 0.6 is 0 Å². The molecule has 0 amide bonds. The number of hydrogen-bond donors (Lipinski definition) is 1. The molecule has 1 aromatic heterocycles. The topological polar surface area (TPSA) is 55.1 Å². The van der Waals surface area contributed by atoms with Crippen molar-refractivity contribution in [1.29, 1.82) is 0 Å². The van der Waals surface area contributed by atoms with Gasteiger partial charge in [0, 0.05) is 12.1 Å². The normalized spacial score (nSPS) is 17.4. The van der Waals surface area contributed by atoms with Crippen molar-refractivity contribution in [1.82, 2.24) is 9.78 Å². The van der Waals surface area contributed by atoms with Gasteiger partial charge in [-0.25, -0.2) is 0 Å². The van der Waals surface area contributed by atoms with Gasteiger partial charge in [-0.05, 0) is 18.8 Å². The summed E-state index contributed by atoms with van der Waals surface area (Å²) in [5.41, 5.74) is -1.17. The second-order valence-corrected chi connectivity index (χ2v) is 5.27. The number of rotatable bonds is 4. The average Bonchev–Trinajstić information content (AvgIpc) is 2.72. The summed E-state index contributed by atoms with van der Waals surface area (Å²) >= 11 is 0. The molecule has 0 unspecified atom stereocenters. The molecule has 0 spiro atoms. The highest BCUT2D eigenvalue weighted by molar-refractivity contribution is 5.70. The highest BCUT2D eigenvalue weighted by atomic mass is 19.4. The molecule has 1 heterocycles. The first-order chi connectivity index (χ1) is 9.38. The molecule has 1 aliphatic carbocycles. The van der Waals surface area contributed by atoms with E-state index in [1.807, 2.05) is 0 Å². The Balaban J connectivity index is 2.23. The summed E-state index contributed by atoms with van der Waals surface area (Å²) in [6, 6.07) is 0. The van der Waals surface area contributed by atoms with Crippen molar-refractivity contribution in [3.63, 3.8) is 0 Å². The molecule has 1 N–H and O–H groups in total. The fraction of sp³-hybridized carbons (Fsp3) is 0.692. The predicted molar refractivity (Wildman–Crippen MR) is 65.1 cm³/mol. The Labute approximate surface area is 114 Å². The maximum absolute atomic E-state index is 13.1. The van der Waals surface area contributed by atoms with Gasteiger partial charge < -0.3 is 5.11 Å². The summed E-state index contributed by atoms with van der Waals surface area (Å²) in [4.78, 5) is 10.6. The van der Waals surface area contributed by atoms with Crippen molar-refractivity contribution >= 4 is 5.97 Å². The molecule has 1 saturated carbocycles. The van der Waals surface area contributed by atoms with E-state index in [0.29, 0.717) is 0 Å². The van der Waals surface area contributed by atoms with E-state index in [1.165, 1.54) is 0 Å². The number of alkyl halides is 3. The maximum atomic E-state index is 13.1. The molecular formula is C13H17F3N2O2. The van der Waals surface area contributed by atoms with Crippen molar-refractivity contribution in [2.75, 3.05) is 0 Å². The van der Waals surface area contributed by atoms with E-state index in [2.05, 4.69) is 5.10 Å². The van der Waals surface area contributed by atoms with Gasteiger partial charge in [0.15, 0.2) is 0 Å². The molecule has 0 radical (unpaired) electrons. The van der Waals surface area contributed by atoms with Gasteiger partial charge in [0.05, 0.1) is 12.6 Å². The molecule has 0 aromatic carbocycles. The fourth-order valence-electron chi connectivity index (χ4n) is 2.80. The van der Waals surface area contributed by atoms with E-state index in [4.69, 9.17) is 5.11 Å². The van der Waals surface area contributed by atoms with Crippen LogP contribution in [0, 0.1) is 5.92 Å². The standard InChI is InChI=1S/C13H17F3N2O2/c14-13(15,16)12-10(6-11(19)20)7-17-18(12)8-9-4-2-1-3-5-9/h7,9H,1-6,8H2,(H,19,20). The van der Waals surface area contributed by atoms with Crippen molar-refractivity contribution in [3.8, 4) is 0 Å². The second-order valence-electron chi connectivity index (χ2n) is 5.27. The minimum Gasteiger partial charge on any atom is -0.481 e. The van der Waals surface area contributed by atoms with Crippen LogP contribution in [0.5, 0.6) is 0 Å². The van der Waals surface area contributed by atoms with Gasteiger partial charge >= 0.3 is 12.1 Å². The van der Waals surface area contributed by atoms with Gasteiger partial charge in [0.25, 0.3) is 0 Å². The van der Waals surface area contributed by atoms with E-state index >= 15 is 0 Å². The molecule has 112 valence electrons. The van der Waals surface area contributed by atoms with Crippen molar-refractivity contribution < 1.29 is 23.1 Å². The quantitative estimate of drug-likeness (QED) is 0.927. The number of carboxylic acid groups (broad SMARTS) is 1. The van der Waals surface area contributed by atoms with Crippen LogP contribution in [0.4, 0.5) is 13.2 Å². The zero-order chi connectivity index (χ0) is 14.8. The zero-order valence-corrected chi connectivity index (χ0v) is 11.0. The SMILES string of the molecule is O=C(O)Cc1cnn(CC2CCCCC2)c1C(F)(F)F. The molecule has 2 rings (SSSR count). The lowest BCUT2D eigenvalue weighted by molar-refractivity contribution is -0.145. The van der Waals surface area contributed by atoms with Crippen LogP contribution in [-0.2, 0) is 23.9 Å². The largest absolute Gasteiger partial charge is 0.481 e. The summed E-state index contributed by atoms with van der Waals surface area (Å²) in [6.45, 7) is 0.217. The molecule has 0 aliphatic heterocycles. The monoisotopic (exact) mass is 290 g/mol. The Morgan fingerprint density at radius 3 is 2.55 bits per heavy atom. The van der Waals surface area contributed by atoms with Gasteiger partial charge in [0.2, 0.25) is 0 Å². The molecule has 20 heavy (non-hydrogen) atoms. The van der Waals surface area contributed by atoms with E-state index in [9.17, 15) is 18.0 Å². The lowest BCUT2D eigenvalue weighted by Gasteiger charge is -2.23. The number of aliphatic carboxylic acids is 1. The molecule has 7 heteroatoms. The van der Waals surface area contributed by atoms with Gasteiger partial charge in [-0.15, -0.1) is 0 Å². The Morgan fingerprint density at radius 1 is 1.35 bits per heavy atom. The first-order valence-electron chi connectivity index (χ1n) is 6.71. The Hall–Kier alpha value is -1.53. The van der Waals surface area contributed by atoms with E-state index in [-0.39, 0.29) is 18.0 Å². The average molecular weight is 290 g/mol. The highest BCUT2D eigenvalue weighted by Crippen LogP contribution is 2.34. The number of halogens is 3. The van der Waals surface area contributed by atoms with E-state index < -0.39 is 24.3 Å².